The molecular weight excluding hydrogens is 376 g/mol. The minimum Gasteiger partial charge on any atom is -0.408 e. The summed E-state index contributed by atoms with van der Waals surface area (Å²) >= 11 is 0. The van der Waals surface area contributed by atoms with Gasteiger partial charge in [-0.25, -0.2) is 9.78 Å². The number of hydrogen-bond acceptors (Lipinski definition) is 5. The van der Waals surface area contributed by atoms with Gasteiger partial charge in [-0.05, 0) is 43.7 Å². The number of likely N-dealkylation sites (tertiary alicyclic amines) is 1. The standard InChI is InChI=1S/C24H26N4O2/c1-26(2)23-18(14-17-8-3-4-10-20(17)25-23)15-27-13-7-9-19(16-27)28-21-11-5-6-12-22(21)30-24(28)29/h3-6,8,10-12,14,19H,7,9,13,15-16H2,1-2H3/t19-/m1/s1. The molecule has 6 heteroatoms. The first kappa shape index (κ1) is 18.9. The average Bonchev–Trinajstić information content (AvgIpc) is 3.09. The molecule has 30 heavy (non-hydrogen) atoms. The van der Waals surface area contributed by atoms with Crippen molar-refractivity contribution in [1.82, 2.24) is 14.5 Å². The van der Waals surface area contributed by atoms with Crippen molar-refractivity contribution in [2.75, 3.05) is 32.1 Å². The Morgan fingerprint density at radius 2 is 1.93 bits per heavy atom. The van der Waals surface area contributed by atoms with E-state index < -0.39 is 0 Å². The van der Waals surface area contributed by atoms with Crippen molar-refractivity contribution in [3.63, 3.8) is 0 Å². The van der Waals surface area contributed by atoms with Gasteiger partial charge in [-0.15, -0.1) is 0 Å². The molecular formula is C24H26N4O2. The van der Waals surface area contributed by atoms with E-state index in [0.717, 1.165) is 54.7 Å². The number of pyridine rings is 1. The quantitative estimate of drug-likeness (QED) is 0.516. The highest BCUT2D eigenvalue weighted by atomic mass is 16.4. The predicted octanol–water partition coefficient (Wildman–Crippen LogP) is 4.05. The van der Waals surface area contributed by atoms with Crippen LogP contribution in [0.2, 0.25) is 0 Å². The molecule has 6 nitrogen and oxygen atoms in total. The first-order valence-electron chi connectivity index (χ1n) is 10.5. The smallest absolute Gasteiger partial charge is 0.408 e. The van der Waals surface area contributed by atoms with E-state index in [4.69, 9.17) is 9.40 Å². The molecule has 0 radical (unpaired) electrons. The molecule has 0 unspecified atom stereocenters. The first-order valence-corrected chi connectivity index (χ1v) is 10.5. The van der Waals surface area contributed by atoms with E-state index in [-0.39, 0.29) is 11.8 Å². The van der Waals surface area contributed by atoms with Crippen LogP contribution in [0, 0.1) is 0 Å². The van der Waals surface area contributed by atoms with Crippen LogP contribution in [0.25, 0.3) is 22.0 Å². The maximum absolute atomic E-state index is 12.6. The third-order valence-corrected chi connectivity index (χ3v) is 5.96. The molecule has 2 aromatic heterocycles. The van der Waals surface area contributed by atoms with Gasteiger partial charge in [0, 0.05) is 38.1 Å². The Bertz CT molecular complexity index is 1260. The van der Waals surface area contributed by atoms with Crippen LogP contribution in [0.4, 0.5) is 5.82 Å². The minimum absolute atomic E-state index is 0.117. The van der Waals surface area contributed by atoms with E-state index in [1.165, 1.54) is 5.56 Å². The normalized spacial score (nSPS) is 17.6. The second-order valence-electron chi connectivity index (χ2n) is 8.30. The highest BCUT2D eigenvalue weighted by Gasteiger charge is 2.26. The van der Waals surface area contributed by atoms with E-state index >= 15 is 0 Å². The molecule has 4 aromatic rings. The van der Waals surface area contributed by atoms with E-state index in [2.05, 4.69) is 34.1 Å². The fraction of sp³-hybridized carbons (Fsp3) is 0.333. The van der Waals surface area contributed by atoms with E-state index in [0.29, 0.717) is 5.58 Å². The van der Waals surface area contributed by atoms with Gasteiger partial charge in [0.25, 0.3) is 0 Å². The van der Waals surface area contributed by atoms with Crippen molar-refractivity contribution in [2.24, 2.45) is 0 Å². The molecule has 2 aromatic carbocycles. The Labute approximate surface area is 175 Å². The number of para-hydroxylation sites is 3. The minimum atomic E-state index is -0.260. The third-order valence-electron chi connectivity index (χ3n) is 5.96. The van der Waals surface area contributed by atoms with Crippen molar-refractivity contribution in [1.29, 1.82) is 0 Å². The maximum atomic E-state index is 12.6. The van der Waals surface area contributed by atoms with Crippen molar-refractivity contribution in [3.05, 3.63) is 70.7 Å². The summed E-state index contributed by atoms with van der Waals surface area (Å²) in [7, 11) is 4.08. The van der Waals surface area contributed by atoms with Crippen molar-refractivity contribution in [3.8, 4) is 0 Å². The first-order chi connectivity index (χ1) is 14.6. The van der Waals surface area contributed by atoms with E-state index in [1.807, 2.05) is 49.0 Å². The Morgan fingerprint density at radius 1 is 1.13 bits per heavy atom. The summed E-state index contributed by atoms with van der Waals surface area (Å²) in [5.74, 6) is 0.742. The van der Waals surface area contributed by atoms with Gasteiger partial charge in [0.05, 0.1) is 17.1 Å². The number of anilines is 1. The van der Waals surface area contributed by atoms with E-state index in [1.54, 1.807) is 0 Å². The van der Waals surface area contributed by atoms with E-state index in [9.17, 15) is 4.79 Å². The number of fused-ring (bicyclic) bond motifs is 2. The lowest BCUT2D eigenvalue weighted by molar-refractivity contribution is 0.168. The van der Waals surface area contributed by atoms with Crippen molar-refractivity contribution in [2.45, 2.75) is 25.4 Å². The van der Waals surface area contributed by atoms with Crippen LogP contribution >= 0.6 is 0 Å². The monoisotopic (exact) mass is 402 g/mol. The average molecular weight is 402 g/mol. The highest BCUT2D eigenvalue weighted by Crippen LogP contribution is 2.28. The van der Waals surface area contributed by atoms with Crippen LogP contribution in [-0.2, 0) is 6.54 Å². The fourth-order valence-corrected chi connectivity index (χ4v) is 4.61. The molecule has 0 N–H and O–H groups in total. The zero-order chi connectivity index (χ0) is 20.7. The third kappa shape index (κ3) is 3.37. The molecule has 1 atom stereocenters. The number of aromatic nitrogens is 2. The number of rotatable bonds is 4. The SMILES string of the molecule is CN(C)c1nc2ccccc2cc1CN1CCC[C@@H](n2c(=O)oc3ccccc32)C1. The zero-order valence-corrected chi connectivity index (χ0v) is 17.4. The molecule has 1 aliphatic heterocycles. The van der Waals surface area contributed by atoms with Crippen LogP contribution in [0.3, 0.4) is 0 Å². The predicted molar refractivity (Wildman–Crippen MR) is 120 cm³/mol. The second-order valence-corrected chi connectivity index (χ2v) is 8.30. The summed E-state index contributed by atoms with van der Waals surface area (Å²) in [4.78, 5) is 22.0. The number of benzene rings is 2. The van der Waals surface area contributed by atoms with Crippen LogP contribution in [-0.4, -0.2) is 41.6 Å². The van der Waals surface area contributed by atoms with Gasteiger partial charge < -0.3 is 9.32 Å². The number of hydrogen-bond donors (Lipinski definition) is 0. The van der Waals surface area contributed by atoms with Crippen LogP contribution in [0.15, 0.2) is 63.8 Å². The summed E-state index contributed by atoms with van der Waals surface area (Å²) in [5.41, 5.74) is 3.77. The Kier molecular flexibility index (Phi) is 4.79. The van der Waals surface area contributed by atoms with Crippen molar-refractivity contribution < 1.29 is 4.42 Å². The summed E-state index contributed by atoms with van der Waals surface area (Å²) < 4.78 is 7.32. The fourth-order valence-electron chi connectivity index (χ4n) is 4.61. The summed E-state index contributed by atoms with van der Waals surface area (Å²) in [6.07, 6.45) is 2.03. The second kappa shape index (κ2) is 7.61. The Hall–Kier alpha value is -3.12. The van der Waals surface area contributed by atoms with Gasteiger partial charge in [-0.2, -0.15) is 0 Å². The topological polar surface area (TPSA) is 54.5 Å². The highest BCUT2D eigenvalue weighted by molar-refractivity contribution is 5.81. The Morgan fingerprint density at radius 3 is 2.80 bits per heavy atom. The summed E-state index contributed by atoms with van der Waals surface area (Å²) in [6, 6.07) is 18.3. The lowest BCUT2D eigenvalue weighted by Crippen LogP contribution is -2.38. The lowest BCUT2D eigenvalue weighted by atomic mass is 10.0. The molecule has 1 fully saturated rings. The summed E-state index contributed by atoms with van der Waals surface area (Å²) in [6.45, 7) is 2.65. The van der Waals surface area contributed by atoms with Crippen LogP contribution in [0.5, 0.6) is 0 Å². The van der Waals surface area contributed by atoms with Gasteiger partial charge in [0.1, 0.15) is 5.82 Å². The largest absolute Gasteiger partial charge is 0.420 e. The lowest BCUT2D eigenvalue weighted by Gasteiger charge is -2.33. The van der Waals surface area contributed by atoms with Gasteiger partial charge in [0.2, 0.25) is 0 Å². The van der Waals surface area contributed by atoms with Crippen LogP contribution < -0.4 is 10.7 Å². The molecule has 0 bridgehead atoms. The molecule has 0 aliphatic carbocycles. The molecule has 0 saturated carbocycles. The molecule has 1 aliphatic rings. The van der Waals surface area contributed by atoms with Gasteiger partial charge in [0.15, 0.2) is 5.58 Å². The Balaban J connectivity index is 1.45. The summed E-state index contributed by atoms with van der Waals surface area (Å²) in [5, 5.41) is 1.16. The van der Waals surface area contributed by atoms with Crippen LogP contribution in [0.1, 0.15) is 24.4 Å². The van der Waals surface area contributed by atoms with Gasteiger partial charge in [-0.3, -0.25) is 9.47 Å². The number of nitrogens with zero attached hydrogens (tertiary/aromatic N) is 4. The molecule has 0 spiro atoms. The number of oxazole rings is 1. The van der Waals surface area contributed by atoms with Crippen molar-refractivity contribution >= 4 is 27.8 Å². The zero-order valence-electron chi connectivity index (χ0n) is 17.4. The van der Waals surface area contributed by atoms with Gasteiger partial charge >= 0.3 is 5.76 Å². The maximum Gasteiger partial charge on any atom is 0.420 e. The molecule has 1 saturated heterocycles. The molecule has 5 rings (SSSR count). The number of piperidine rings is 1. The molecule has 3 heterocycles. The van der Waals surface area contributed by atoms with Gasteiger partial charge in [-0.1, -0.05) is 30.3 Å². The molecule has 0 amide bonds. The molecule has 154 valence electrons.